The molecule has 0 saturated carbocycles. The van der Waals surface area contributed by atoms with Gasteiger partial charge in [0.1, 0.15) is 6.04 Å². The van der Waals surface area contributed by atoms with Crippen LogP contribution in [0.4, 0.5) is 30.4 Å². The number of allylic oxidation sites excluding steroid dienone is 1. The maximum atomic E-state index is 13.5. The lowest BCUT2D eigenvalue weighted by Gasteiger charge is -2.44. The van der Waals surface area contributed by atoms with Gasteiger partial charge in [0.15, 0.2) is 11.4 Å². The fraction of sp³-hybridized carbons (Fsp3) is 0.407. The standard InChI is InChI=1S/C27H28F3N5O3/c1-4-34-23-21(35-9-10-38-15-22(35)25(34)37)11-18(14-31-23)20-12-19(6-5-16(20)2)33-24(36)17-7-8-32-26(3,13-17)27(28,29)30/h5-8,11-12,14,22H,4,9-10,13,15H2,1-3H3,(H,33,36)/t22?,26-/m1/s1. The van der Waals surface area contributed by atoms with Crippen molar-refractivity contribution in [2.75, 3.05) is 41.4 Å². The Hall–Kier alpha value is -3.73. The number of fused-ring (bicyclic) bond motifs is 3. The zero-order valence-corrected chi connectivity index (χ0v) is 21.3. The predicted octanol–water partition coefficient (Wildman–Crippen LogP) is 4.29. The van der Waals surface area contributed by atoms with Crippen molar-refractivity contribution in [2.24, 2.45) is 4.99 Å². The minimum absolute atomic E-state index is 0.0000748. The summed E-state index contributed by atoms with van der Waals surface area (Å²) in [6.07, 6.45) is -1.07. The van der Waals surface area contributed by atoms with E-state index >= 15 is 0 Å². The zero-order chi connectivity index (χ0) is 27.2. The first-order valence-electron chi connectivity index (χ1n) is 12.4. The van der Waals surface area contributed by atoms with E-state index in [2.05, 4.69) is 15.3 Å². The van der Waals surface area contributed by atoms with E-state index in [9.17, 15) is 22.8 Å². The van der Waals surface area contributed by atoms with Gasteiger partial charge in [0.25, 0.3) is 11.8 Å². The molecule has 1 saturated heterocycles. The lowest BCUT2D eigenvalue weighted by Crippen LogP contribution is -2.59. The molecule has 1 aromatic heterocycles. The molecular weight excluding hydrogens is 499 g/mol. The Morgan fingerprint density at radius 2 is 2.08 bits per heavy atom. The lowest BCUT2D eigenvalue weighted by atomic mass is 9.90. The molecule has 4 heterocycles. The molecule has 0 bridgehead atoms. The zero-order valence-electron chi connectivity index (χ0n) is 21.3. The number of hydrogen-bond donors (Lipinski definition) is 1. The Morgan fingerprint density at radius 3 is 2.82 bits per heavy atom. The van der Waals surface area contributed by atoms with Gasteiger partial charge in [-0.2, -0.15) is 13.2 Å². The third-order valence-corrected chi connectivity index (χ3v) is 7.29. The molecule has 11 heteroatoms. The van der Waals surface area contributed by atoms with Crippen molar-refractivity contribution in [1.29, 1.82) is 0 Å². The molecule has 1 unspecified atom stereocenters. The Kier molecular flexibility index (Phi) is 6.50. The molecule has 1 fully saturated rings. The van der Waals surface area contributed by atoms with Crippen LogP contribution in [0, 0.1) is 6.92 Å². The van der Waals surface area contributed by atoms with Crippen LogP contribution in [-0.2, 0) is 14.3 Å². The van der Waals surface area contributed by atoms with E-state index in [0.717, 1.165) is 35.5 Å². The number of benzene rings is 1. The number of morpholine rings is 1. The summed E-state index contributed by atoms with van der Waals surface area (Å²) >= 11 is 0. The fourth-order valence-corrected chi connectivity index (χ4v) is 5.02. The molecule has 200 valence electrons. The fourth-order valence-electron chi connectivity index (χ4n) is 5.02. The molecule has 2 atom stereocenters. The molecular formula is C27H28F3N5O3. The van der Waals surface area contributed by atoms with Gasteiger partial charge in [-0.05, 0) is 56.2 Å². The largest absolute Gasteiger partial charge is 0.413 e. The van der Waals surface area contributed by atoms with E-state index in [-0.39, 0.29) is 11.5 Å². The van der Waals surface area contributed by atoms with Crippen molar-refractivity contribution in [3.8, 4) is 11.1 Å². The number of hydrogen-bond acceptors (Lipinski definition) is 6. The van der Waals surface area contributed by atoms with Crippen molar-refractivity contribution in [3.63, 3.8) is 0 Å². The molecule has 8 nitrogen and oxygen atoms in total. The Morgan fingerprint density at radius 1 is 1.29 bits per heavy atom. The summed E-state index contributed by atoms with van der Waals surface area (Å²) in [4.78, 5) is 37.8. The summed E-state index contributed by atoms with van der Waals surface area (Å²) in [6, 6.07) is 6.89. The van der Waals surface area contributed by atoms with Gasteiger partial charge in [0.2, 0.25) is 0 Å². The topological polar surface area (TPSA) is 87.1 Å². The number of aromatic nitrogens is 1. The average Bonchev–Trinajstić information content (AvgIpc) is 2.89. The van der Waals surface area contributed by atoms with Crippen LogP contribution in [0.15, 0.2) is 47.1 Å². The first-order valence-corrected chi connectivity index (χ1v) is 12.4. The molecule has 2 aromatic rings. The Labute approximate surface area is 218 Å². The lowest BCUT2D eigenvalue weighted by molar-refractivity contribution is -0.179. The number of nitrogens with one attached hydrogen (secondary N) is 1. The van der Waals surface area contributed by atoms with Gasteiger partial charge in [-0.3, -0.25) is 19.5 Å². The highest BCUT2D eigenvalue weighted by Gasteiger charge is 2.52. The van der Waals surface area contributed by atoms with Crippen LogP contribution in [0.3, 0.4) is 0 Å². The number of likely N-dealkylation sites (N-methyl/N-ethyl adjacent to an activating group) is 1. The highest BCUT2D eigenvalue weighted by Crippen LogP contribution is 2.41. The second-order valence-electron chi connectivity index (χ2n) is 9.84. The third kappa shape index (κ3) is 4.44. The summed E-state index contributed by atoms with van der Waals surface area (Å²) in [6.45, 7) is 6.67. The second-order valence-corrected chi connectivity index (χ2v) is 9.84. The number of dihydropyridines is 1. The number of aryl methyl sites for hydroxylation is 1. The minimum atomic E-state index is -4.57. The maximum absolute atomic E-state index is 13.5. The summed E-state index contributed by atoms with van der Waals surface area (Å²) < 4.78 is 45.9. The smallest absolute Gasteiger partial charge is 0.377 e. The van der Waals surface area contributed by atoms with E-state index < -0.39 is 30.1 Å². The van der Waals surface area contributed by atoms with E-state index in [0.29, 0.717) is 37.8 Å². The monoisotopic (exact) mass is 527 g/mol. The summed E-state index contributed by atoms with van der Waals surface area (Å²) in [5.41, 5.74) is 1.47. The van der Waals surface area contributed by atoms with Gasteiger partial charge in [-0.25, -0.2) is 4.98 Å². The molecule has 3 aliphatic heterocycles. The molecule has 0 spiro atoms. The van der Waals surface area contributed by atoms with Crippen molar-refractivity contribution in [1.82, 2.24) is 4.98 Å². The van der Waals surface area contributed by atoms with E-state index in [1.54, 1.807) is 23.2 Å². The summed E-state index contributed by atoms with van der Waals surface area (Å²) in [7, 11) is 0. The molecule has 1 aromatic carbocycles. The van der Waals surface area contributed by atoms with Gasteiger partial charge in [-0.15, -0.1) is 0 Å². The molecule has 2 amide bonds. The van der Waals surface area contributed by atoms with E-state index in [1.807, 2.05) is 30.9 Å². The van der Waals surface area contributed by atoms with E-state index in [4.69, 9.17) is 4.74 Å². The number of pyridine rings is 1. The molecule has 38 heavy (non-hydrogen) atoms. The number of carbonyl (C=O) groups is 2. The normalized spacial score (nSPS) is 23.1. The maximum Gasteiger partial charge on any atom is 0.413 e. The highest BCUT2D eigenvalue weighted by molar-refractivity contribution is 6.07. The number of carbonyl (C=O) groups excluding carboxylic acids is 2. The van der Waals surface area contributed by atoms with Crippen molar-refractivity contribution < 1.29 is 27.5 Å². The number of alkyl halides is 3. The van der Waals surface area contributed by atoms with Crippen LogP contribution in [0.1, 0.15) is 25.8 Å². The Balaban J connectivity index is 1.43. The van der Waals surface area contributed by atoms with Gasteiger partial charge in [0.05, 0.1) is 18.9 Å². The molecule has 5 rings (SSSR count). The van der Waals surface area contributed by atoms with Gasteiger partial charge in [-0.1, -0.05) is 6.07 Å². The van der Waals surface area contributed by atoms with E-state index in [1.165, 1.54) is 6.08 Å². The molecule has 0 aliphatic carbocycles. The molecule has 3 aliphatic rings. The first kappa shape index (κ1) is 25.9. The van der Waals surface area contributed by atoms with Crippen molar-refractivity contribution in [3.05, 3.63) is 47.7 Å². The van der Waals surface area contributed by atoms with Gasteiger partial charge in [0, 0.05) is 48.7 Å². The number of ether oxygens (including phenoxy) is 1. The number of halogens is 3. The van der Waals surface area contributed by atoms with Crippen molar-refractivity contribution in [2.45, 2.75) is 44.9 Å². The third-order valence-electron chi connectivity index (χ3n) is 7.29. The first-order chi connectivity index (χ1) is 18.0. The Bertz CT molecular complexity index is 1360. The highest BCUT2D eigenvalue weighted by atomic mass is 19.4. The molecule has 0 radical (unpaired) electrons. The van der Waals surface area contributed by atoms with Crippen LogP contribution in [0.25, 0.3) is 11.1 Å². The number of anilines is 3. The van der Waals surface area contributed by atoms with Crippen LogP contribution in [0.5, 0.6) is 0 Å². The van der Waals surface area contributed by atoms with Gasteiger partial charge >= 0.3 is 6.18 Å². The number of aliphatic imine (C=N–C) groups is 1. The van der Waals surface area contributed by atoms with Gasteiger partial charge < -0.3 is 15.0 Å². The van der Waals surface area contributed by atoms with Crippen LogP contribution < -0.4 is 15.1 Å². The van der Waals surface area contributed by atoms with Crippen LogP contribution in [0.2, 0.25) is 0 Å². The summed E-state index contributed by atoms with van der Waals surface area (Å²) in [5, 5.41) is 2.73. The average molecular weight is 528 g/mol. The second kappa shape index (κ2) is 9.54. The quantitative estimate of drug-likeness (QED) is 0.641. The van der Waals surface area contributed by atoms with Crippen molar-refractivity contribution >= 4 is 35.2 Å². The predicted molar refractivity (Wildman–Crippen MR) is 139 cm³/mol. The number of rotatable bonds is 4. The SMILES string of the molecule is CCN1C(=O)C2COCCN2c2cc(-c3cc(NC(=O)C4=CC=N[C@@](C)(C(F)(F)F)C4)ccc3C)cnc21. The number of nitrogens with zero attached hydrogens (tertiary/aromatic N) is 4. The number of amides is 2. The van der Waals surface area contributed by atoms with Crippen LogP contribution in [-0.4, -0.2) is 67.1 Å². The van der Waals surface area contributed by atoms with Crippen LogP contribution >= 0.6 is 0 Å². The summed E-state index contributed by atoms with van der Waals surface area (Å²) in [5.74, 6) is -0.0529. The molecule has 1 N–H and O–H groups in total. The minimum Gasteiger partial charge on any atom is -0.377 e.